The Morgan fingerprint density at radius 2 is 1.63 bits per heavy atom. The maximum Gasteiger partial charge on any atom is 0.0410 e. The number of likely N-dealkylation sites (N-methyl/N-ethyl adjacent to an activating group) is 1. The van der Waals surface area contributed by atoms with E-state index in [9.17, 15) is 0 Å². The second-order valence-electron chi connectivity index (χ2n) is 14.2. The summed E-state index contributed by atoms with van der Waals surface area (Å²) in [7, 11) is 2.17. The smallest absolute Gasteiger partial charge is 0.0410 e. The summed E-state index contributed by atoms with van der Waals surface area (Å²) in [5, 5.41) is 3.45. The molecule has 1 N–H and O–H groups in total. The van der Waals surface area contributed by atoms with Crippen LogP contribution in [0.15, 0.2) is 176 Å². The van der Waals surface area contributed by atoms with Crippen molar-refractivity contribution in [1.82, 2.24) is 5.32 Å². The van der Waals surface area contributed by atoms with Crippen molar-refractivity contribution >= 4 is 11.8 Å². The lowest BCUT2D eigenvalue weighted by Crippen LogP contribution is -2.38. The van der Waals surface area contributed by atoms with Gasteiger partial charge in [0.05, 0.1) is 0 Å². The Kier molecular flexibility index (Phi) is 10.1. The molecule has 0 atom stereocenters. The Hall–Kier alpha value is -5.08. The zero-order chi connectivity index (χ0) is 34.4. The SMILES string of the molecule is C=C/C=C\C(=C)NC1=CC2CC(c3ccc(N(C)C(/C=C\C=C)=C\C4=Cc5c(cccc5C(C)(C)c5ccccc5)CCC4)cc3)(C=C1)C2. The third-order valence-corrected chi connectivity index (χ3v) is 10.5. The van der Waals surface area contributed by atoms with Crippen LogP contribution in [0.4, 0.5) is 5.69 Å². The number of anilines is 1. The molecule has 7 rings (SSSR count). The quantitative estimate of drug-likeness (QED) is 0.198. The summed E-state index contributed by atoms with van der Waals surface area (Å²) < 4.78 is 0. The highest BCUT2D eigenvalue weighted by Crippen LogP contribution is 2.51. The molecule has 0 aliphatic heterocycles. The Balaban J connectivity index is 1.26. The standard InChI is InChI=1S/C47H50N2/c1-7-9-16-35(3)48-41-28-29-47(33-37(30-41)34-47)40-24-26-42(27-25-40)49(6)43(22-10-8-2)31-36-17-14-18-38-19-15-23-45(44(38)32-36)46(4,5)39-20-12-11-13-21-39/h7-13,15-16,19-32,37,48H,1-3,14,17-18,33-34H2,4-6H3/b16-9-,22-10-,43-31-. The van der Waals surface area contributed by atoms with Gasteiger partial charge in [-0.15, -0.1) is 0 Å². The highest BCUT2D eigenvalue weighted by molar-refractivity contribution is 5.68. The van der Waals surface area contributed by atoms with Crippen molar-refractivity contribution in [3.63, 3.8) is 0 Å². The average molecular weight is 643 g/mol. The van der Waals surface area contributed by atoms with Crippen molar-refractivity contribution in [3.8, 4) is 0 Å². The number of hydrogen-bond acceptors (Lipinski definition) is 2. The lowest BCUT2D eigenvalue weighted by atomic mass is 9.59. The van der Waals surface area contributed by atoms with Crippen LogP contribution in [0.2, 0.25) is 0 Å². The third-order valence-electron chi connectivity index (χ3n) is 10.5. The number of benzene rings is 3. The minimum Gasteiger partial charge on any atom is -0.356 e. The summed E-state index contributed by atoms with van der Waals surface area (Å²) in [5.41, 5.74) is 12.5. The van der Waals surface area contributed by atoms with Crippen molar-refractivity contribution in [2.75, 3.05) is 11.9 Å². The Morgan fingerprint density at radius 1 is 0.898 bits per heavy atom. The van der Waals surface area contributed by atoms with Crippen LogP contribution in [0.1, 0.15) is 67.3 Å². The molecule has 49 heavy (non-hydrogen) atoms. The molecule has 3 aromatic carbocycles. The van der Waals surface area contributed by atoms with Gasteiger partial charge in [-0.05, 0) is 108 Å². The maximum absolute atomic E-state index is 4.12. The molecule has 0 radical (unpaired) electrons. The monoisotopic (exact) mass is 642 g/mol. The summed E-state index contributed by atoms with van der Waals surface area (Å²) in [6.07, 6.45) is 29.0. The molecular formula is C47H50N2. The first kappa shape index (κ1) is 33.8. The predicted molar refractivity (Wildman–Crippen MR) is 211 cm³/mol. The fraction of sp³-hybridized carbons (Fsp3) is 0.234. The molecule has 1 fully saturated rings. The molecule has 2 bridgehead atoms. The predicted octanol–water partition coefficient (Wildman–Crippen LogP) is 11.4. The second kappa shape index (κ2) is 14.6. The van der Waals surface area contributed by atoms with Gasteiger partial charge < -0.3 is 10.2 Å². The van der Waals surface area contributed by atoms with Gasteiger partial charge in [0.1, 0.15) is 0 Å². The molecule has 0 amide bonds. The van der Waals surface area contributed by atoms with Gasteiger partial charge >= 0.3 is 0 Å². The van der Waals surface area contributed by atoms with Gasteiger partial charge in [0.15, 0.2) is 0 Å². The fourth-order valence-corrected chi connectivity index (χ4v) is 7.71. The number of nitrogens with zero attached hydrogens (tertiary/aromatic N) is 1. The molecule has 0 saturated heterocycles. The van der Waals surface area contributed by atoms with Gasteiger partial charge in [0.2, 0.25) is 0 Å². The van der Waals surface area contributed by atoms with Crippen molar-refractivity contribution in [2.45, 2.75) is 56.8 Å². The Labute approximate surface area is 294 Å². The first-order chi connectivity index (χ1) is 23.7. The fourth-order valence-electron chi connectivity index (χ4n) is 7.71. The van der Waals surface area contributed by atoms with Crippen LogP contribution in [-0.4, -0.2) is 7.05 Å². The van der Waals surface area contributed by atoms with E-state index in [2.05, 4.69) is 160 Å². The van der Waals surface area contributed by atoms with Crippen molar-refractivity contribution in [1.29, 1.82) is 0 Å². The molecule has 4 aliphatic rings. The molecule has 2 heteroatoms. The van der Waals surface area contributed by atoms with E-state index in [4.69, 9.17) is 0 Å². The van der Waals surface area contributed by atoms with Gasteiger partial charge in [-0.3, -0.25) is 0 Å². The van der Waals surface area contributed by atoms with E-state index in [1.165, 1.54) is 39.1 Å². The van der Waals surface area contributed by atoms with Crippen LogP contribution in [0.3, 0.4) is 0 Å². The average Bonchev–Trinajstić information content (AvgIpc) is 3.50. The lowest BCUT2D eigenvalue weighted by molar-refractivity contribution is 0.239. The topological polar surface area (TPSA) is 15.3 Å². The number of allylic oxidation sites excluding steroid dienone is 11. The second-order valence-corrected chi connectivity index (χ2v) is 14.2. The van der Waals surface area contributed by atoms with E-state index in [1.54, 1.807) is 6.08 Å². The van der Waals surface area contributed by atoms with E-state index >= 15 is 0 Å². The highest BCUT2D eigenvalue weighted by Gasteiger charge is 2.44. The van der Waals surface area contributed by atoms with Crippen molar-refractivity contribution < 1.29 is 0 Å². The van der Waals surface area contributed by atoms with Gasteiger partial charge in [-0.25, -0.2) is 0 Å². The molecule has 0 heterocycles. The third kappa shape index (κ3) is 7.34. The van der Waals surface area contributed by atoms with E-state index in [-0.39, 0.29) is 10.8 Å². The zero-order valence-corrected chi connectivity index (χ0v) is 29.5. The largest absolute Gasteiger partial charge is 0.356 e. The van der Waals surface area contributed by atoms with Crippen LogP contribution in [0.25, 0.3) is 6.08 Å². The summed E-state index contributed by atoms with van der Waals surface area (Å²) in [6.45, 7) is 16.5. The summed E-state index contributed by atoms with van der Waals surface area (Å²) in [4.78, 5) is 2.30. The number of nitrogens with one attached hydrogen (secondary N) is 1. The van der Waals surface area contributed by atoms with Crippen LogP contribution in [0.5, 0.6) is 0 Å². The number of hydrogen-bond donors (Lipinski definition) is 1. The Morgan fingerprint density at radius 3 is 2.37 bits per heavy atom. The van der Waals surface area contributed by atoms with Crippen molar-refractivity contribution in [3.05, 3.63) is 204 Å². The highest BCUT2D eigenvalue weighted by atomic mass is 15.1. The van der Waals surface area contributed by atoms with Crippen LogP contribution < -0.4 is 10.2 Å². The first-order valence-electron chi connectivity index (χ1n) is 17.6. The molecule has 248 valence electrons. The summed E-state index contributed by atoms with van der Waals surface area (Å²) in [6, 6.07) is 27.0. The van der Waals surface area contributed by atoms with Gasteiger partial charge in [0, 0.05) is 40.7 Å². The first-order valence-corrected chi connectivity index (χ1v) is 17.6. The molecule has 0 spiro atoms. The number of aryl methyl sites for hydroxylation is 1. The van der Waals surface area contributed by atoms with E-state index in [1.807, 2.05) is 24.3 Å². The van der Waals surface area contributed by atoms with Crippen LogP contribution in [-0.2, 0) is 17.3 Å². The van der Waals surface area contributed by atoms with E-state index in [0.29, 0.717) is 5.92 Å². The number of rotatable bonds is 12. The minimum atomic E-state index is -0.107. The van der Waals surface area contributed by atoms with Gasteiger partial charge in [0.25, 0.3) is 0 Å². The molecular weight excluding hydrogens is 593 g/mol. The molecule has 1 saturated carbocycles. The molecule has 0 unspecified atom stereocenters. The maximum atomic E-state index is 4.12. The van der Waals surface area contributed by atoms with Gasteiger partial charge in [-0.1, -0.05) is 137 Å². The van der Waals surface area contributed by atoms with E-state index in [0.717, 1.165) is 49.2 Å². The minimum absolute atomic E-state index is 0.0746. The van der Waals surface area contributed by atoms with Crippen LogP contribution >= 0.6 is 0 Å². The van der Waals surface area contributed by atoms with Crippen molar-refractivity contribution in [2.24, 2.45) is 5.92 Å². The summed E-state index contributed by atoms with van der Waals surface area (Å²) in [5.74, 6) is 0.561. The number of fused-ring (bicyclic) bond motifs is 2. The zero-order valence-electron chi connectivity index (χ0n) is 29.5. The Bertz CT molecular complexity index is 1880. The van der Waals surface area contributed by atoms with Crippen LogP contribution in [0, 0.1) is 5.92 Å². The van der Waals surface area contributed by atoms with Gasteiger partial charge in [-0.2, -0.15) is 0 Å². The molecule has 2 nitrogen and oxygen atoms in total. The molecule has 0 aromatic heterocycles. The molecule has 4 aliphatic carbocycles. The lowest BCUT2D eigenvalue weighted by Gasteiger charge is -2.44. The normalized spacial score (nSPS) is 20.4. The molecule has 3 aromatic rings. The van der Waals surface area contributed by atoms with E-state index < -0.39 is 0 Å². The summed E-state index contributed by atoms with van der Waals surface area (Å²) >= 11 is 0.